The summed E-state index contributed by atoms with van der Waals surface area (Å²) in [7, 11) is -3.49. The third kappa shape index (κ3) is 6.92. The van der Waals surface area contributed by atoms with E-state index in [2.05, 4.69) is 10.6 Å². The Morgan fingerprint density at radius 2 is 1.38 bits per heavy atom. The van der Waals surface area contributed by atoms with Crippen LogP contribution in [0.1, 0.15) is 42.3 Å². The molecule has 7 nitrogen and oxygen atoms in total. The van der Waals surface area contributed by atoms with E-state index in [-0.39, 0.29) is 10.6 Å². The average molecular weight is 481 g/mol. The summed E-state index contributed by atoms with van der Waals surface area (Å²) in [5, 5.41) is 5.40. The molecule has 8 heteroatoms. The first-order valence-corrected chi connectivity index (χ1v) is 12.4. The van der Waals surface area contributed by atoms with Crippen molar-refractivity contribution in [1.29, 1.82) is 0 Å². The number of rotatable bonds is 6. The molecular weight excluding hydrogens is 452 g/mol. The van der Waals surface area contributed by atoms with Gasteiger partial charge in [-0.25, -0.2) is 13.2 Å². The molecule has 0 heterocycles. The number of carbonyl (C=O) groups is 2. The molecule has 0 spiro atoms. The maximum absolute atomic E-state index is 12.8. The molecule has 0 bridgehead atoms. The molecule has 0 fully saturated rings. The highest BCUT2D eigenvalue weighted by molar-refractivity contribution is 7.90. The Labute approximate surface area is 200 Å². The molecule has 0 aliphatic rings. The van der Waals surface area contributed by atoms with Gasteiger partial charge in [0.25, 0.3) is 5.91 Å². The first-order valence-electron chi connectivity index (χ1n) is 10.7. The Balaban J connectivity index is 1.69. The number of anilines is 2. The van der Waals surface area contributed by atoms with Crippen LogP contribution in [0.15, 0.2) is 77.7 Å². The van der Waals surface area contributed by atoms with E-state index >= 15 is 0 Å². The smallest absolute Gasteiger partial charge is 0.412 e. The molecule has 2 N–H and O–H groups in total. The Morgan fingerprint density at radius 1 is 0.824 bits per heavy atom. The molecule has 2 amide bonds. The van der Waals surface area contributed by atoms with Gasteiger partial charge >= 0.3 is 6.09 Å². The van der Waals surface area contributed by atoms with E-state index < -0.39 is 27.4 Å². The Morgan fingerprint density at radius 3 is 1.94 bits per heavy atom. The van der Waals surface area contributed by atoms with Crippen molar-refractivity contribution in [3.05, 3.63) is 89.5 Å². The summed E-state index contributed by atoms with van der Waals surface area (Å²) in [6, 6.07) is 19.8. The van der Waals surface area contributed by atoms with Gasteiger partial charge in [0.2, 0.25) is 0 Å². The molecule has 0 aromatic heterocycles. The highest BCUT2D eigenvalue weighted by Gasteiger charge is 2.18. The predicted octanol–water partition coefficient (Wildman–Crippen LogP) is 5.57. The second kappa shape index (κ2) is 10.1. The summed E-state index contributed by atoms with van der Waals surface area (Å²) in [4.78, 5) is 25.1. The van der Waals surface area contributed by atoms with Gasteiger partial charge in [0.1, 0.15) is 5.60 Å². The van der Waals surface area contributed by atoms with E-state index in [0.717, 1.165) is 5.56 Å². The second-order valence-electron chi connectivity index (χ2n) is 8.90. The number of amides is 2. The molecule has 178 valence electrons. The van der Waals surface area contributed by atoms with Crippen molar-refractivity contribution in [1.82, 2.24) is 0 Å². The minimum atomic E-state index is -3.49. The lowest BCUT2D eigenvalue weighted by molar-refractivity contribution is 0.0635. The van der Waals surface area contributed by atoms with E-state index in [1.54, 1.807) is 93.6 Å². The first-order chi connectivity index (χ1) is 15.9. The number of para-hydroxylation sites is 2. The van der Waals surface area contributed by atoms with Crippen molar-refractivity contribution in [2.24, 2.45) is 0 Å². The van der Waals surface area contributed by atoms with Crippen LogP contribution in [0.2, 0.25) is 0 Å². The molecule has 34 heavy (non-hydrogen) atoms. The topological polar surface area (TPSA) is 102 Å². The fraction of sp³-hybridized carbons (Fsp3) is 0.231. The molecule has 3 aromatic rings. The molecule has 0 radical (unpaired) electrons. The van der Waals surface area contributed by atoms with Crippen LogP contribution in [-0.2, 0) is 20.3 Å². The number of hydrogen-bond donors (Lipinski definition) is 2. The summed E-state index contributed by atoms with van der Waals surface area (Å²) in [6.07, 6.45) is -0.631. The zero-order valence-corrected chi connectivity index (χ0v) is 20.4. The van der Waals surface area contributed by atoms with E-state index in [1.165, 1.54) is 0 Å². The van der Waals surface area contributed by atoms with Crippen molar-refractivity contribution in [3.8, 4) is 0 Å². The maximum atomic E-state index is 12.8. The van der Waals surface area contributed by atoms with Crippen LogP contribution in [0.25, 0.3) is 0 Å². The van der Waals surface area contributed by atoms with Crippen LogP contribution >= 0.6 is 0 Å². The van der Waals surface area contributed by atoms with Crippen molar-refractivity contribution in [3.63, 3.8) is 0 Å². The summed E-state index contributed by atoms with van der Waals surface area (Å²) < 4.78 is 30.6. The minimum absolute atomic E-state index is 0.166. The third-order valence-electron chi connectivity index (χ3n) is 4.76. The van der Waals surface area contributed by atoms with Crippen molar-refractivity contribution in [2.75, 3.05) is 10.6 Å². The number of nitrogens with one attached hydrogen (secondary N) is 2. The van der Waals surface area contributed by atoms with Crippen molar-refractivity contribution in [2.45, 2.75) is 43.9 Å². The van der Waals surface area contributed by atoms with Crippen molar-refractivity contribution < 1.29 is 22.7 Å². The lowest BCUT2D eigenvalue weighted by Gasteiger charge is -2.20. The standard InChI is InChI=1S/C26H28N2O5S/c1-18-9-15-21(16-10-18)34(31,32)17-19-11-13-20(14-12-19)24(29)27-22-7-5-6-8-23(22)28-25(30)33-26(2,3)4/h5-16H,17H2,1-4H3,(H,27,29)(H,28,30). The number of aryl methyl sites for hydroxylation is 1. The molecule has 0 atom stereocenters. The second-order valence-corrected chi connectivity index (χ2v) is 10.9. The van der Waals surface area contributed by atoms with Gasteiger partial charge in [0, 0.05) is 5.56 Å². The maximum Gasteiger partial charge on any atom is 0.412 e. The number of ether oxygens (including phenoxy) is 1. The monoisotopic (exact) mass is 480 g/mol. The minimum Gasteiger partial charge on any atom is -0.444 e. The SMILES string of the molecule is Cc1ccc(S(=O)(=O)Cc2ccc(C(=O)Nc3ccccc3NC(=O)OC(C)(C)C)cc2)cc1. The van der Waals surface area contributed by atoms with Crippen LogP contribution < -0.4 is 10.6 Å². The summed E-state index contributed by atoms with van der Waals surface area (Å²) in [5.41, 5.74) is 2.05. The van der Waals surface area contributed by atoms with Crippen LogP contribution in [0, 0.1) is 6.92 Å². The summed E-state index contributed by atoms with van der Waals surface area (Å²) >= 11 is 0. The van der Waals surface area contributed by atoms with E-state index in [1.807, 2.05) is 6.92 Å². The van der Waals surface area contributed by atoms with Crippen LogP contribution in [0.3, 0.4) is 0 Å². The number of carbonyl (C=O) groups excluding carboxylic acids is 2. The fourth-order valence-electron chi connectivity index (χ4n) is 3.11. The van der Waals surface area contributed by atoms with Crippen LogP contribution in [0.4, 0.5) is 16.2 Å². The first kappa shape index (κ1) is 25.0. The molecule has 3 rings (SSSR count). The third-order valence-corrected chi connectivity index (χ3v) is 6.47. The van der Waals surface area contributed by atoms with Gasteiger partial charge in [-0.05, 0) is 69.7 Å². The zero-order chi connectivity index (χ0) is 24.9. The van der Waals surface area contributed by atoms with Gasteiger partial charge < -0.3 is 10.1 Å². The van der Waals surface area contributed by atoms with E-state index in [4.69, 9.17) is 4.74 Å². The molecule has 0 unspecified atom stereocenters. The summed E-state index contributed by atoms with van der Waals surface area (Å²) in [6.45, 7) is 7.17. The lowest BCUT2D eigenvalue weighted by atomic mass is 10.1. The zero-order valence-electron chi connectivity index (χ0n) is 19.6. The average Bonchev–Trinajstić information content (AvgIpc) is 2.74. The highest BCUT2D eigenvalue weighted by atomic mass is 32.2. The Hall–Kier alpha value is -3.65. The van der Waals surface area contributed by atoms with Crippen molar-refractivity contribution >= 4 is 33.2 Å². The van der Waals surface area contributed by atoms with Gasteiger partial charge in [-0.15, -0.1) is 0 Å². The van der Waals surface area contributed by atoms with Crippen LogP contribution in [0.5, 0.6) is 0 Å². The normalized spacial score (nSPS) is 11.5. The quantitative estimate of drug-likeness (QED) is 0.480. The van der Waals surface area contributed by atoms with Gasteiger partial charge in [0.05, 0.1) is 22.0 Å². The van der Waals surface area contributed by atoms with Gasteiger partial charge in [0.15, 0.2) is 9.84 Å². The van der Waals surface area contributed by atoms with E-state index in [0.29, 0.717) is 22.5 Å². The fourth-order valence-corrected chi connectivity index (χ4v) is 4.46. The molecule has 0 aliphatic carbocycles. The van der Waals surface area contributed by atoms with Crippen LogP contribution in [-0.4, -0.2) is 26.0 Å². The molecule has 0 aliphatic heterocycles. The molecule has 3 aromatic carbocycles. The van der Waals surface area contributed by atoms with Gasteiger partial charge in [-0.1, -0.05) is 42.0 Å². The Kier molecular flexibility index (Phi) is 7.41. The predicted molar refractivity (Wildman–Crippen MR) is 133 cm³/mol. The lowest BCUT2D eigenvalue weighted by Crippen LogP contribution is -2.27. The number of benzene rings is 3. The molecule has 0 saturated carbocycles. The van der Waals surface area contributed by atoms with E-state index in [9.17, 15) is 18.0 Å². The molecule has 0 saturated heterocycles. The number of sulfone groups is 1. The largest absolute Gasteiger partial charge is 0.444 e. The van der Waals surface area contributed by atoms with Gasteiger partial charge in [-0.2, -0.15) is 0 Å². The summed E-state index contributed by atoms with van der Waals surface area (Å²) in [5.74, 6) is -0.563. The highest BCUT2D eigenvalue weighted by Crippen LogP contribution is 2.23. The molecular formula is C26H28N2O5S. The number of hydrogen-bond acceptors (Lipinski definition) is 5. The van der Waals surface area contributed by atoms with Gasteiger partial charge in [-0.3, -0.25) is 10.1 Å². The Bertz CT molecular complexity index is 1280.